The SMILES string of the molecule is Cn1ccnc1C1CCN(c2nccn3cnnc23)C1. The second-order valence-corrected chi connectivity index (χ2v) is 5.14. The summed E-state index contributed by atoms with van der Waals surface area (Å²) < 4.78 is 4.00. The van der Waals surface area contributed by atoms with Gasteiger partial charge in [-0.15, -0.1) is 10.2 Å². The van der Waals surface area contributed by atoms with Gasteiger partial charge in [-0.25, -0.2) is 9.97 Å². The third-order valence-corrected chi connectivity index (χ3v) is 3.91. The number of fused-ring (bicyclic) bond motifs is 1. The highest BCUT2D eigenvalue weighted by atomic mass is 15.3. The average molecular weight is 269 g/mol. The molecule has 3 aromatic rings. The molecule has 1 saturated heterocycles. The highest BCUT2D eigenvalue weighted by molar-refractivity contribution is 5.63. The summed E-state index contributed by atoms with van der Waals surface area (Å²) in [4.78, 5) is 11.2. The smallest absolute Gasteiger partial charge is 0.203 e. The van der Waals surface area contributed by atoms with Gasteiger partial charge in [0, 0.05) is 50.8 Å². The van der Waals surface area contributed by atoms with Crippen LogP contribution in [0.1, 0.15) is 18.2 Å². The zero-order chi connectivity index (χ0) is 13.5. The van der Waals surface area contributed by atoms with Crippen molar-refractivity contribution >= 4 is 11.5 Å². The topological polar surface area (TPSA) is 64.1 Å². The third-order valence-electron chi connectivity index (χ3n) is 3.91. The molecule has 0 bridgehead atoms. The van der Waals surface area contributed by atoms with Crippen LogP contribution in [0.3, 0.4) is 0 Å². The molecule has 1 aliphatic rings. The molecule has 4 heterocycles. The van der Waals surface area contributed by atoms with Crippen molar-refractivity contribution in [2.45, 2.75) is 12.3 Å². The lowest BCUT2D eigenvalue weighted by Gasteiger charge is -2.17. The largest absolute Gasteiger partial charge is 0.353 e. The molecular weight excluding hydrogens is 254 g/mol. The first kappa shape index (κ1) is 11.4. The molecule has 1 atom stereocenters. The number of imidazole rings is 1. The van der Waals surface area contributed by atoms with Crippen LogP contribution in [-0.2, 0) is 7.05 Å². The average Bonchev–Trinajstić information content (AvgIpc) is 3.17. The second-order valence-electron chi connectivity index (χ2n) is 5.14. The van der Waals surface area contributed by atoms with Gasteiger partial charge in [-0.05, 0) is 6.42 Å². The Morgan fingerprint density at radius 1 is 1.20 bits per heavy atom. The number of hydrogen-bond acceptors (Lipinski definition) is 5. The van der Waals surface area contributed by atoms with Crippen molar-refractivity contribution in [3.05, 3.63) is 36.9 Å². The molecule has 1 fully saturated rings. The maximum atomic E-state index is 4.47. The predicted molar refractivity (Wildman–Crippen MR) is 73.6 cm³/mol. The Morgan fingerprint density at radius 2 is 2.10 bits per heavy atom. The monoisotopic (exact) mass is 269 g/mol. The fourth-order valence-corrected chi connectivity index (χ4v) is 2.90. The van der Waals surface area contributed by atoms with Crippen LogP contribution >= 0.6 is 0 Å². The number of aromatic nitrogens is 6. The molecule has 7 heteroatoms. The van der Waals surface area contributed by atoms with E-state index < -0.39 is 0 Å². The molecule has 0 aliphatic carbocycles. The molecular formula is C13H15N7. The molecule has 0 aromatic carbocycles. The molecule has 0 radical (unpaired) electrons. The van der Waals surface area contributed by atoms with Crippen LogP contribution in [0.25, 0.3) is 5.65 Å². The van der Waals surface area contributed by atoms with E-state index in [0.29, 0.717) is 5.92 Å². The fraction of sp³-hybridized carbons (Fsp3) is 0.385. The number of aryl methyl sites for hydroxylation is 1. The number of nitrogens with zero attached hydrogens (tertiary/aromatic N) is 7. The second kappa shape index (κ2) is 4.29. The highest BCUT2D eigenvalue weighted by Gasteiger charge is 2.28. The Labute approximate surface area is 115 Å². The Balaban J connectivity index is 1.65. The normalized spacial score (nSPS) is 19.1. The van der Waals surface area contributed by atoms with E-state index in [9.17, 15) is 0 Å². The van der Waals surface area contributed by atoms with Gasteiger partial charge in [0.2, 0.25) is 5.65 Å². The predicted octanol–water partition coefficient (Wildman–Crippen LogP) is 0.852. The number of rotatable bonds is 2. The molecule has 3 aromatic heterocycles. The van der Waals surface area contributed by atoms with Crippen molar-refractivity contribution in [2.24, 2.45) is 7.05 Å². The van der Waals surface area contributed by atoms with Gasteiger partial charge in [0.05, 0.1) is 0 Å². The van der Waals surface area contributed by atoms with E-state index in [1.807, 2.05) is 30.0 Å². The highest BCUT2D eigenvalue weighted by Crippen LogP contribution is 2.29. The van der Waals surface area contributed by atoms with Crippen LogP contribution < -0.4 is 4.90 Å². The van der Waals surface area contributed by atoms with Crippen molar-refractivity contribution in [3.63, 3.8) is 0 Å². The molecule has 0 amide bonds. The van der Waals surface area contributed by atoms with Crippen LogP contribution in [0, 0.1) is 0 Å². The Bertz CT molecular complexity index is 744. The van der Waals surface area contributed by atoms with E-state index in [1.165, 1.54) is 0 Å². The standard InChI is InChI=1S/C13H15N7/c1-18-6-3-14-11(18)10-2-5-19(8-10)12-13-17-16-9-20(13)7-4-15-12/h3-4,6-7,9-10H,2,5,8H2,1H3. The molecule has 4 rings (SSSR count). The van der Waals surface area contributed by atoms with Gasteiger partial charge in [0.1, 0.15) is 12.2 Å². The molecule has 1 aliphatic heterocycles. The lowest BCUT2D eigenvalue weighted by atomic mass is 10.1. The summed E-state index contributed by atoms with van der Waals surface area (Å²) in [6, 6.07) is 0. The van der Waals surface area contributed by atoms with Crippen molar-refractivity contribution in [1.29, 1.82) is 0 Å². The summed E-state index contributed by atoms with van der Waals surface area (Å²) in [5.74, 6) is 2.49. The molecule has 20 heavy (non-hydrogen) atoms. The summed E-state index contributed by atoms with van der Waals surface area (Å²) in [6.07, 6.45) is 10.3. The minimum absolute atomic E-state index is 0.444. The Morgan fingerprint density at radius 3 is 2.95 bits per heavy atom. The van der Waals surface area contributed by atoms with E-state index in [4.69, 9.17) is 0 Å². The van der Waals surface area contributed by atoms with Crippen molar-refractivity contribution in [1.82, 2.24) is 29.1 Å². The van der Waals surface area contributed by atoms with E-state index in [1.54, 1.807) is 12.5 Å². The quantitative estimate of drug-likeness (QED) is 0.690. The zero-order valence-electron chi connectivity index (χ0n) is 11.2. The lowest BCUT2D eigenvalue weighted by molar-refractivity contribution is 0.665. The van der Waals surface area contributed by atoms with Crippen LogP contribution in [0.5, 0.6) is 0 Å². The van der Waals surface area contributed by atoms with E-state index in [0.717, 1.165) is 36.8 Å². The third kappa shape index (κ3) is 1.66. The van der Waals surface area contributed by atoms with Crippen molar-refractivity contribution in [3.8, 4) is 0 Å². The van der Waals surface area contributed by atoms with Crippen LogP contribution in [0.2, 0.25) is 0 Å². The lowest BCUT2D eigenvalue weighted by Crippen LogP contribution is -2.22. The summed E-state index contributed by atoms with van der Waals surface area (Å²) in [5, 5.41) is 8.10. The Kier molecular flexibility index (Phi) is 2.45. The van der Waals surface area contributed by atoms with Gasteiger partial charge >= 0.3 is 0 Å². The summed E-state index contributed by atoms with van der Waals surface area (Å²) in [6.45, 7) is 1.89. The van der Waals surface area contributed by atoms with Gasteiger partial charge in [0.25, 0.3) is 0 Å². The van der Waals surface area contributed by atoms with Gasteiger partial charge in [0.15, 0.2) is 5.82 Å². The molecule has 102 valence electrons. The fourth-order valence-electron chi connectivity index (χ4n) is 2.90. The van der Waals surface area contributed by atoms with Crippen LogP contribution in [-0.4, -0.2) is 42.2 Å². The van der Waals surface area contributed by atoms with Crippen LogP contribution in [0.4, 0.5) is 5.82 Å². The molecule has 1 unspecified atom stereocenters. The van der Waals surface area contributed by atoms with Crippen LogP contribution in [0.15, 0.2) is 31.1 Å². The molecule has 0 saturated carbocycles. The summed E-state index contributed by atoms with van der Waals surface area (Å²) in [7, 11) is 2.04. The first-order valence-electron chi connectivity index (χ1n) is 6.69. The first-order valence-corrected chi connectivity index (χ1v) is 6.69. The van der Waals surface area contributed by atoms with Crippen molar-refractivity contribution < 1.29 is 0 Å². The van der Waals surface area contributed by atoms with Gasteiger partial charge in [-0.2, -0.15) is 0 Å². The maximum absolute atomic E-state index is 4.47. The first-order chi connectivity index (χ1) is 9.83. The van der Waals surface area contributed by atoms with Gasteiger partial charge < -0.3 is 9.47 Å². The van der Waals surface area contributed by atoms with E-state index in [2.05, 4.69) is 29.6 Å². The molecule has 7 nitrogen and oxygen atoms in total. The van der Waals surface area contributed by atoms with Crippen molar-refractivity contribution in [2.75, 3.05) is 18.0 Å². The Hall–Kier alpha value is -2.44. The van der Waals surface area contributed by atoms with Gasteiger partial charge in [-0.1, -0.05) is 0 Å². The minimum atomic E-state index is 0.444. The number of anilines is 1. The van der Waals surface area contributed by atoms with Gasteiger partial charge in [-0.3, -0.25) is 4.40 Å². The zero-order valence-corrected chi connectivity index (χ0v) is 11.2. The van der Waals surface area contributed by atoms with E-state index >= 15 is 0 Å². The maximum Gasteiger partial charge on any atom is 0.203 e. The molecule has 0 spiro atoms. The minimum Gasteiger partial charge on any atom is -0.353 e. The molecule has 0 N–H and O–H groups in total. The summed E-state index contributed by atoms with van der Waals surface area (Å²) >= 11 is 0. The number of hydrogen-bond donors (Lipinski definition) is 0. The van der Waals surface area contributed by atoms with E-state index in [-0.39, 0.29) is 0 Å². The summed E-state index contributed by atoms with van der Waals surface area (Å²) in [5.41, 5.74) is 0.813.